The number of carbonyl (C=O) groups is 2. The second-order valence-electron chi connectivity index (χ2n) is 16.7. The summed E-state index contributed by atoms with van der Waals surface area (Å²) in [6, 6.07) is 0. The van der Waals surface area contributed by atoms with Crippen molar-refractivity contribution in [2.45, 2.75) is 129 Å². The van der Waals surface area contributed by atoms with E-state index in [0.29, 0.717) is 23.7 Å². The van der Waals surface area contributed by atoms with Crippen LogP contribution in [0.25, 0.3) is 0 Å². The fraction of sp³-hybridized carbons (Fsp3) is 0.943. The summed E-state index contributed by atoms with van der Waals surface area (Å²) in [5.41, 5.74) is -1.24. The van der Waals surface area contributed by atoms with Crippen LogP contribution < -0.4 is 0 Å². The van der Waals surface area contributed by atoms with E-state index in [4.69, 9.17) is 9.47 Å². The van der Waals surface area contributed by atoms with Crippen LogP contribution in [0.4, 0.5) is 0 Å². The first kappa shape index (κ1) is 25.6. The third-order valence-electron chi connectivity index (χ3n) is 14.4. The van der Waals surface area contributed by atoms with Gasteiger partial charge >= 0.3 is 11.9 Å². The van der Waals surface area contributed by atoms with Crippen molar-refractivity contribution >= 4 is 11.9 Å². The van der Waals surface area contributed by atoms with Crippen molar-refractivity contribution in [1.29, 1.82) is 0 Å². The van der Waals surface area contributed by atoms with Gasteiger partial charge < -0.3 is 9.47 Å². The van der Waals surface area contributed by atoms with Crippen molar-refractivity contribution in [3.63, 3.8) is 0 Å². The highest BCUT2D eigenvalue weighted by atomic mass is 16.6. The maximum Gasteiger partial charge on any atom is 0.323 e. The van der Waals surface area contributed by atoms with E-state index in [1.165, 1.54) is 103 Å². The summed E-state index contributed by atoms with van der Waals surface area (Å²) in [6.07, 6.45) is 21.0. The summed E-state index contributed by atoms with van der Waals surface area (Å²) in [6.45, 7) is 3.60. The third-order valence-corrected chi connectivity index (χ3v) is 14.4. The molecule has 8 fully saturated rings. The fourth-order valence-electron chi connectivity index (χ4n) is 12.4. The molecular formula is C35H52O4. The maximum absolute atomic E-state index is 14.0. The molecule has 0 aromatic rings. The number of esters is 2. The maximum atomic E-state index is 14.0. The molecule has 39 heavy (non-hydrogen) atoms. The van der Waals surface area contributed by atoms with Gasteiger partial charge in [-0.05, 0) is 162 Å². The van der Waals surface area contributed by atoms with Gasteiger partial charge in [-0.1, -0.05) is 25.7 Å². The highest BCUT2D eigenvalue weighted by molar-refractivity contribution is 5.99. The molecule has 8 aliphatic rings. The van der Waals surface area contributed by atoms with Crippen molar-refractivity contribution in [3.05, 3.63) is 0 Å². The number of ether oxygens (including phenoxy) is 2. The number of hydrogen-bond donors (Lipinski definition) is 0. The average Bonchev–Trinajstić information content (AvgIpc) is 3.78. The van der Waals surface area contributed by atoms with E-state index in [0.717, 1.165) is 47.3 Å². The third kappa shape index (κ3) is 4.26. The second kappa shape index (κ2) is 9.48. The van der Waals surface area contributed by atoms with Gasteiger partial charge in [0.15, 0.2) is 5.41 Å². The SMILES string of the molecule is CC(C)(C(=O)OC(C1CC2CCC1C2)C1CC2CCC1C2)C(=O)OC(C1CC2CCC1C2)C1CC2CCC1C2. The minimum atomic E-state index is -1.24. The molecule has 4 nitrogen and oxygen atoms in total. The van der Waals surface area contributed by atoms with Crippen molar-refractivity contribution in [3.8, 4) is 0 Å². The summed E-state index contributed by atoms with van der Waals surface area (Å²) < 4.78 is 13.2. The van der Waals surface area contributed by atoms with Gasteiger partial charge in [-0.25, -0.2) is 0 Å². The zero-order valence-corrected chi connectivity index (χ0v) is 24.5. The number of hydrogen-bond acceptors (Lipinski definition) is 4. The highest BCUT2D eigenvalue weighted by Gasteiger charge is 2.56. The molecule has 8 bridgehead atoms. The highest BCUT2D eigenvalue weighted by Crippen LogP contribution is 2.59. The molecule has 0 spiro atoms. The summed E-state index contributed by atoms with van der Waals surface area (Å²) >= 11 is 0. The van der Waals surface area contributed by atoms with Crippen LogP contribution in [0.1, 0.15) is 117 Å². The predicted molar refractivity (Wildman–Crippen MR) is 149 cm³/mol. The van der Waals surface area contributed by atoms with Crippen molar-refractivity contribution in [2.75, 3.05) is 0 Å². The molecular weight excluding hydrogens is 484 g/mol. The largest absolute Gasteiger partial charge is 0.461 e. The standard InChI is InChI=1S/C35H52O4/c1-35(2,33(36)38-31(27-15-19-3-7-23(27)11-19)28-16-20-4-8-24(28)12-20)34(37)39-32(29-17-21-5-9-25(29)13-21)30-18-22-6-10-26(30)14-22/h19-32H,3-18H2,1-2H3. The van der Waals surface area contributed by atoms with Gasteiger partial charge in [0.1, 0.15) is 12.2 Å². The first-order chi connectivity index (χ1) is 18.8. The Morgan fingerprint density at radius 2 is 0.769 bits per heavy atom. The van der Waals surface area contributed by atoms with E-state index in [2.05, 4.69) is 0 Å². The molecule has 0 aliphatic heterocycles. The molecule has 8 rings (SSSR count). The Balaban J connectivity index is 1.000. The van der Waals surface area contributed by atoms with Gasteiger partial charge in [0.2, 0.25) is 0 Å². The first-order valence-corrected chi connectivity index (χ1v) is 17.3. The molecule has 0 aromatic heterocycles. The van der Waals surface area contributed by atoms with Crippen LogP contribution in [-0.2, 0) is 19.1 Å². The molecule has 216 valence electrons. The molecule has 0 radical (unpaired) electrons. The first-order valence-electron chi connectivity index (χ1n) is 17.3. The Morgan fingerprint density at radius 1 is 0.487 bits per heavy atom. The van der Waals surface area contributed by atoms with Gasteiger partial charge in [-0.15, -0.1) is 0 Å². The number of rotatable bonds is 8. The van der Waals surface area contributed by atoms with E-state index in [9.17, 15) is 9.59 Å². The van der Waals surface area contributed by atoms with Gasteiger partial charge in [0, 0.05) is 0 Å². The number of fused-ring (bicyclic) bond motifs is 8. The molecule has 12 atom stereocenters. The molecule has 0 saturated heterocycles. The lowest BCUT2D eigenvalue weighted by atomic mass is 9.74. The lowest BCUT2D eigenvalue weighted by Gasteiger charge is -2.40. The van der Waals surface area contributed by atoms with E-state index in [1.807, 2.05) is 0 Å². The van der Waals surface area contributed by atoms with Gasteiger partial charge in [0.05, 0.1) is 0 Å². The van der Waals surface area contributed by atoms with Crippen molar-refractivity contribution in [2.24, 2.45) is 76.4 Å². The molecule has 4 heteroatoms. The topological polar surface area (TPSA) is 52.6 Å². The average molecular weight is 537 g/mol. The Labute approximate surface area is 236 Å². The van der Waals surface area contributed by atoms with Gasteiger partial charge in [-0.2, -0.15) is 0 Å². The van der Waals surface area contributed by atoms with Crippen LogP contribution in [0.5, 0.6) is 0 Å². The molecule has 8 saturated carbocycles. The van der Waals surface area contributed by atoms with Crippen LogP contribution in [0.15, 0.2) is 0 Å². The molecule has 0 N–H and O–H groups in total. The zero-order valence-electron chi connectivity index (χ0n) is 24.5. The monoisotopic (exact) mass is 536 g/mol. The Kier molecular flexibility index (Phi) is 6.23. The summed E-state index contributed by atoms with van der Waals surface area (Å²) in [7, 11) is 0. The van der Waals surface area contributed by atoms with Crippen LogP contribution in [0.3, 0.4) is 0 Å². The lowest BCUT2D eigenvalue weighted by molar-refractivity contribution is -0.186. The summed E-state index contributed by atoms with van der Waals surface area (Å²) in [5.74, 6) is 7.69. The molecule has 8 aliphatic carbocycles. The molecule has 12 unspecified atom stereocenters. The second-order valence-corrected chi connectivity index (χ2v) is 16.7. The van der Waals surface area contributed by atoms with Gasteiger partial charge in [-0.3, -0.25) is 9.59 Å². The van der Waals surface area contributed by atoms with Crippen LogP contribution in [-0.4, -0.2) is 24.1 Å². The van der Waals surface area contributed by atoms with Crippen molar-refractivity contribution < 1.29 is 19.1 Å². The van der Waals surface area contributed by atoms with E-state index in [-0.39, 0.29) is 24.1 Å². The van der Waals surface area contributed by atoms with Crippen LogP contribution in [0, 0.1) is 76.4 Å². The minimum Gasteiger partial charge on any atom is -0.461 e. The Morgan fingerprint density at radius 3 is 0.974 bits per heavy atom. The quantitative estimate of drug-likeness (QED) is 0.237. The van der Waals surface area contributed by atoms with Crippen LogP contribution in [0.2, 0.25) is 0 Å². The summed E-state index contributed by atoms with van der Waals surface area (Å²) in [4.78, 5) is 28.0. The molecule has 0 amide bonds. The molecule has 0 heterocycles. The Hall–Kier alpha value is -1.06. The minimum absolute atomic E-state index is 0.0158. The van der Waals surface area contributed by atoms with Crippen molar-refractivity contribution in [1.82, 2.24) is 0 Å². The normalized spacial score (nSPS) is 48.7. The smallest absolute Gasteiger partial charge is 0.323 e. The van der Waals surface area contributed by atoms with E-state index < -0.39 is 5.41 Å². The Bertz CT molecular complexity index is 855. The fourth-order valence-corrected chi connectivity index (χ4v) is 12.4. The van der Waals surface area contributed by atoms with E-state index >= 15 is 0 Å². The van der Waals surface area contributed by atoms with E-state index in [1.54, 1.807) is 13.8 Å². The summed E-state index contributed by atoms with van der Waals surface area (Å²) in [5, 5.41) is 0. The lowest BCUT2D eigenvalue weighted by Crippen LogP contribution is -2.47. The molecule has 0 aromatic carbocycles. The number of carbonyl (C=O) groups excluding carboxylic acids is 2. The predicted octanol–water partition coefficient (Wildman–Crippen LogP) is 7.58. The van der Waals surface area contributed by atoms with Crippen LogP contribution >= 0.6 is 0 Å². The van der Waals surface area contributed by atoms with Gasteiger partial charge in [0.25, 0.3) is 0 Å². The zero-order chi connectivity index (χ0) is 26.5.